The van der Waals surface area contributed by atoms with Crippen LogP contribution in [0.25, 0.3) is 11.0 Å². The molecule has 6 nitrogen and oxygen atoms in total. The topological polar surface area (TPSA) is 82.2 Å². The molecule has 1 aromatic carbocycles. The maximum absolute atomic E-state index is 12.2. The number of fused-ring (bicyclic) bond motifs is 1. The van der Waals surface area contributed by atoms with Crippen molar-refractivity contribution in [1.82, 2.24) is 15.4 Å². The van der Waals surface area contributed by atoms with E-state index in [1.165, 1.54) is 4.90 Å². The highest BCUT2D eigenvalue weighted by Crippen LogP contribution is 2.50. The third-order valence-electron chi connectivity index (χ3n) is 5.64. The molecule has 4 rings (SSSR count). The Bertz CT molecular complexity index is 947. The molecule has 2 N–H and O–H groups in total. The highest BCUT2D eigenvalue weighted by molar-refractivity contribution is 5.98. The highest BCUT2D eigenvalue weighted by Gasteiger charge is 2.53. The number of carbonyl (C=O) groups is 1. The Labute approximate surface area is 152 Å². The van der Waals surface area contributed by atoms with Crippen molar-refractivity contribution in [3.05, 3.63) is 29.5 Å². The molecule has 1 aliphatic heterocycles. The van der Waals surface area contributed by atoms with Crippen molar-refractivity contribution in [2.45, 2.75) is 38.6 Å². The van der Waals surface area contributed by atoms with E-state index in [1.807, 2.05) is 32.0 Å². The SMILES string of the molecule is CC#Cc1ccc2onc(C[C@H]3C[C@H]3C3(C)CC(=O)N(C)C(=N)N3)c2c1. The van der Waals surface area contributed by atoms with Crippen LogP contribution in [0.3, 0.4) is 0 Å². The van der Waals surface area contributed by atoms with E-state index >= 15 is 0 Å². The molecule has 2 aromatic rings. The minimum absolute atomic E-state index is 0.00318. The Kier molecular flexibility index (Phi) is 3.76. The second-order valence-corrected chi connectivity index (χ2v) is 7.54. The number of benzene rings is 1. The predicted molar refractivity (Wildman–Crippen MR) is 98.5 cm³/mol. The zero-order chi connectivity index (χ0) is 18.5. The van der Waals surface area contributed by atoms with Crippen molar-refractivity contribution in [1.29, 1.82) is 5.41 Å². The molecule has 0 bridgehead atoms. The summed E-state index contributed by atoms with van der Waals surface area (Å²) in [5.74, 6) is 6.96. The van der Waals surface area contributed by atoms with Gasteiger partial charge in [-0.1, -0.05) is 11.1 Å². The molecule has 1 aliphatic carbocycles. The van der Waals surface area contributed by atoms with Gasteiger partial charge in [-0.3, -0.25) is 15.1 Å². The molecule has 26 heavy (non-hydrogen) atoms. The van der Waals surface area contributed by atoms with Crippen LogP contribution in [0.1, 0.15) is 37.9 Å². The average molecular weight is 350 g/mol. The van der Waals surface area contributed by atoms with Gasteiger partial charge in [0.05, 0.1) is 12.1 Å². The Morgan fingerprint density at radius 2 is 2.31 bits per heavy atom. The fraction of sp³-hybridized carbons (Fsp3) is 0.450. The molecule has 0 radical (unpaired) electrons. The monoisotopic (exact) mass is 350 g/mol. The number of nitrogens with one attached hydrogen (secondary N) is 2. The number of guanidine groups is 1. The summed E-state index contributed by atoms with van der Waals surface area (Å²) in [6.07, 6.45) is 2.26. The minimum atomic E-state index is -0.357. The van der Waals surface area contributed by atoms with E-state index in [4.69, 9.17) is 9.93 Å². The van der Waals surface area contributed by atoms with E-state index in [-0.39, 0.29) is 17.4 Å². The van der Waals surface area contributed by atoms with E-state index < -0.39 is 0 Å². The molecular formula is C20H22N4O2. The lowest BCUT2D eigenvalue weighted by atomic mass is 9.87. The summed E-state index contributed by atoms with van der Waals surface area (Å²) in [5.41, 5.74) is 2.33. The molecule has 134 valence electrons. The summed E-state index contributed by atoms with van der Waals surface area (Å²) in [6.45, 7) is 3.87. The molecule has 1 aromatic heterocycles. The summed E-state index contributed by atoms with van der Waals surface area (Å²) < 4.78 is 5.46. The third-order valence-corrected chi connectivity index (χ3v) is 5.64. The smallest absolute Gasteiger partial charge is 0.231 e. The zero-order valence-electron chi connectivity index (χ0n) is 15.2. The van der Waals surface area contributed by atoms with Gasteiger partial charge in [-0.2, -0.15) is 0 Å². The number of hydrogen-bond donors (Lipinski definition) is 2. The van der Waals surface area contributed by atoms with E-state index in [0.717, 1.165) is 35.1 Å². The first-order valence-corrected chi connectivity index (χ1v) is 8.85. The van der Waals surface area contributed by atoms with Gasteiger partial charge in [0.25, 0.3) is 0 Å². The molecule has 1 saturated carbocycles. The number of carbonyl (C=O) groups excluding carboxylic acids is 1. The Hall–Kier alpha value is -2.81. The third kappa shape index (κ3) is 2.74. The number of rotatable bonds is 3. The first-order valence-electron chi connectivity index (χ1n) is 8.85. The first-order chi connectivity index (χ1) is 12.4. The molecule has 2 heterocycles. The van der Waals surface area contributed by atoms with Gasteiger partial charge in [0, 0.05) is 23.5 Å². The zero-order valence-corrected chi connectivity index (χ0v) is 15.2. The first kappa shape index (κ1) is 16.6. The van der Waals surface area contributed by atoms with Crippen LogP contribution in [0.15, 0.2) is 22.7 Å². The van der Waals surface area contributed by atoms with Crippen LogP contribution in [0.4, 0.5) is 0 Å². The maximum atomic E-state index is 12.2. The molecule has 0 spiro atoms. The Balaban J connectivity index is 1.52. The van der Waals surface area contributed by atoms with Crippen LogP contribution in [0.5, 0.6) is 0 Å². The van der Waals surface area contributed by atoms with Crippen LogP contribution in [0.2, 0.25) is 0 Å². The number of nitrogens with zero attached hydrogens (tertiary/aromatic N) is 2. The van der Waals surface area contributed by atoms with Gasteiger partial charge in [-0.15, -0.1) is 5.92 Å². The molecule has 1 saturated heterocycles. The van der Waals surface area contributed by atoms with Gasteiger partial charge in [-0.05, 0) is 56.7 Å². The lowest BCUT2D eigenvalue weighted by Crippen LogP contribution is -2.61. The van der Waals surface area contributed by atoms with Crippen LogP contribution >= 0.6 is 0 Å². The summed E-state index contributed by atoms with van der Waals surface area (Å²) in [6, 6.07) is 5.88. The molecule has 2 aliphatic rings. The van der Waals surface area contributed by atoms with Crippen LogP contribution in [0, 0.1) is 29.1 Å². The van der Waals surface area contributed by atoms with Gasteiger partial charge in [0.15, 0.2) is 11.5 Å². The average Bonchev–Trinajstić information content (AvgIpc) is 3.27. The number of amides is 1. The van der Waals surface area contributed by atoms with E-state index in [9.17, 15) is 4.79 Å². The van der Waals surface area contributed by atoms with Crippen molar-refractivity contribution < 1.29 is 9.32 Å². The second-order valence-electron chi connectivity index (χ2n) is 7.54. The molecule has 3 atom stereocenters. The van der Waals surface area contributed by atoms with Gasteiger partial charge < -0.3 is 9.84 Å². The molecular weight excluding hydrogens is 328 g/mol. The van der Waals surface area contributed by atoms with Gasteiger partial charge in [0.2, 0.25) is 5.91 Å². The number of hydrogen-bond acceptors (Lipinski definition) is 4. The number of aromatic nitrogens is 1. The van der Waals surface area contributed by atoms with E-state index in [1.54, 1.807) is 7.05 Å². The van der Waals surface area contributed by atoms with Gasteiger partial charge in [-0.25, -0.2) is 0 Å². The van der Waals surface area contributed by atoms with Crippen molar-refractivity contribution >= 4 is 22.8 Å². The lowest BCUT2D eigenvalue weighted by Gasteiger charge is -2.40. The van der Waals surface area contributed by atoms with E-state index in [2.05, 4.69) is 22.3 Å². The van der Waals surface area contributed by atoms with Crippen molar-refractivity contribution in [2.24, 2.45) is 11.8 Å². The largest absolute Gasteiger partial charge is 0.356 e. The lowest BCUT2D eigenvalue weighted by molar-refractivity contribution is -0.129. The minimum Gasteiger partial charge on any atom is -0.356 e. The van der Waals surface area contributed by atoms with Gasteiger partial charge >= 0.3 is 0 Å². The normalized spacial score (nSPS) is 27.9. The van der Waals surface area contributed by atoms with Crippen molar-refractivity contribution in [3.8, 4) is 11.8 Å². The van der Waals surface area contributed by atoms with Crippen LogP contribution < -0.4 is 5.32 Å². The Morgan fingerprint density at radius 1 is 1.50 bits per heavy atom. The summed E-state index contributed by atoms with van der Waals surface area (Å²) in [5, 5.41) is 16.5. The van der Waals surface area contributed by atoms with Gasteiger partial charge in [0.1, 0.15) is 0 Å². The standard InChI is InChI=1S/C20H22N4O2/c1-4-5-12-6-7-17-14(8-12)16(23-26-17)10-13-9-15(13)20(2)11-18(25)24(3)19(21)22-20/h6-8,13,15H,9-11H2,1-3H3,(H2,21,22)/t13-,15-,20?/m1/s1. The summed E-state index contributed by atoms with van der Waals surface area (Å²) >= 11 is 0. The van der Waals surface area contributed by atoms with Crippen LogP contribution in [-0.4, -0.2) is 34.5 Å². The quantitative estimate of drug-likeness (QED) is 0.834. The fourth-order valence-electron chi connectivity index (χ4n) is 4.04. The fourth-order valence-corrected chi connectivity index (χ4v) is 4.04. The maximum Gasteiger partial charge on any atom is 0.231 e. The second kappa shape index (κ2) is 5.87. The predicted octanol–water partition coefficient (Wildman–Crippen LogP) is 2.52. The molecule has 6 heteroatoms. The Morgan fingerprint density at radius 3 is 3.04 bits per heavy atom. The molecule has 2 fully saturated rings. The molecule has 1 amide bonds. The van der Waals surface area contributed by atoms with Crippen LogP contribution in [-0.2, 0) is 11.2 Å². The van der Waals surface area contributed by atoms with Crippen molar-refractivity contribution in [2.75, 3.05) is 7.05 Å². The van der Waals surface area contributed by atoms with Crippen molar-refractivity contribution in [3.63, 3.8) is 0 Å². The highest BCUT2D eigenvalue weighted by atomic mass is 16.5. The van der Waals surface area contributed by atoms with E-state index in [0.29, 0.717) is 18.3 Å². The molecule has 1 unspecified atom stereocenters. The summed E-state index contributed by atoms with van der Waals surface area (Å²) in [4.78, 5) is 13.5. The summed E-state index contributed by atoms with van der Waals surface area (Å²) in [7, 11) is 1.64.